The molecule has 0 heterocycles. The summed E-state index contributed by atoms with van der Waals surface area (Å²) in [4.78, 5) is 45.6. The first-order chi connectivity index (χ1) is 17.3. The van der Waals surface area contributed by atoms with Gasteiger partial charge in [0.2, 0.25) is 5.78 Å². The Morgan fingerprint density at radius 2 is 1.92 bits per heavy atom. The highest BCUT2D eigenvalue weighted by Gasteiger charge is 2.64. The molecule has 0 aliphatic heterocycles. The molecule has 1 aromatic carbocycles. The molecule has 4 rings (SSSR count). The Kier molecular flexibility index (Phi) is 6.29. The number of nitrogens with zero attached hydrogens (tertiary/aromatic N) is 2. The molecule has 0 bridgehead atoms. The molecule has 12 heteroatoms. The average molecular weight is 515 g/mol. The van der Waals surface area contributed by atoms with Crippen LogP contribution in [0.2, 0.25) is 0 Å². The van der Waals surface area contributed by atoms with Gasteiger partial charge in [0.25, 0.3) is 5.91 Å². The average Bonchev–Trinajstić information content (AvgIpc) is 2.81. The number of carbonyl (C=O) groups excluding carboxylic acids is 3. The summed E-state index contributed by atoms with van der Waals surface area (Å²) < 4.78 is 0. The van der Waals surface area contributed by atoms with Crippen molar-refractivity contribution >= 4 is 34.6 Å². The van der Waals surface area contributed by atoms with Gasteiger partial charge in [-0.1, -0.05) is 5.16 Å². The van der Waals surface area contributed by atoms with Crippen molar-refractivity contribution in [1.82, 2.24) is 4.90 Å². The Morgan fingerprint density at radius 3 is 2.49 bits per heavy atom. The number of fused-ring (bicyclic) bond motifs is 3. The lowest BCUT2D eigenvalue weighted by Crippen LogP contribution is -2.65. The molecule has 12 nitrogen and oxygen atoms in total. The summed E-state index contributed by atoms with van der Waals surface area (Å²) in [6.45, 7) is 3.73. The van der Waals surface area contributed by atoms with Gasteiger partial charge in [-0.15, -0.1) is 0 Å². The molecule has 37 heavy (non-hydrogen) atoms. The van der Waals surface area contributed by atoms with Crippen LogP contribution >= 0.6 is 0 Å². The van der Waals surface area contributed by atoms with Gasteiger partial charge in [-0.25, -0.2) is 0 Å². The van der Waals surface area contributed by atoms with Crippen molar-refractivity contribution in [3.63, 3.8) is 0 Å². The number of aromatic hydroxyl groups is 1. The molecule has 198 valence electrons. The van der Waals surface area contributed by atoms with E-state index in [-0.39, 0.29) is 29.7 Å². The highest BCUT2D eigenvalue weighted by Crippen LogP contribution is 2.53. The molecule has 8 N–H and O–H groups in total. The lowest BCUT2D eigenvalue weighted by Gasteiger charge is -2.50. The maximum Gasteiger partial charge on any atom is 0.255 e. The topological polar surface area (TPSA) is 209 Å². The minimum atomic E-state index is -2.70. The molecule has 3 aliphatic carbocycles. The van der Waals surface area contributed by atoms with E-state index < -0.39 is 63.8 Å². The maximum absolute atomic E-state index is 13.8. The van der Waals surface area contributed by atoms with Gasteiger partial charge in [0.15, 0.2) is 11.4 Å². The number of amides is 1. The quantitative estimate of drug-likeness (QED) is 0.104. The van der Waals surface area contributed by atoms with E-state index >= 15 is 0 Å². The molecule has 3 aliphatic rings. The number of aliphatic hydroxyl groups is 3. The summed E-state index contributed by atoms with van der Waals surface area (Å²) in [6.07, 6.45) is 0.106. The molecule has 0 aromatic heterocycles. The number of aliphatic hydroxyl groups excluding tert-OH is 2. The van der Waals surface area contributed by atoms with Crippen LogP contribution in [0.25, 0.3) is 5.76 Å². The zero-order valence-electron chi connectivity index (χ0n) is 20.9. The number of ketones is 2. The van der Waals surface area contributed by atoms with Crippen LogP contribution in [-0.2, 0) is 25.6 Å². The first-order valence-corrected chi connectivity index (χ1v) is 11.7. The Labute approximate surface area is 212 Å². The van der Waals surface area contributed by atoms with Gasteiger partial charge in [-0.2, -0.15) is 0 Å². The van der Waals surface area contributed by atoms with Gasteiger partial charge >= 0.3 is 0 Å². The number of phenolic OH excluding ortho intramolecular Hbond substituents is 1. The summed E-state index contributed by atoms with van der Waals surface area (Å²) in [5, 5.41) is 48.6. The SMILES string of the molecule is CCO/N=C(/C)c1cc(N)c(O)c2c1CC1CC3[C@H](N(C)C)C(=O)C(C(N)=O)=C(O)[C@@]3(O)C(=O)C1=C2O. The van der Waals surface area contributed by atoms with Crippen LogP contribution in [0.3, 0.4) is 0 Å². The smallest absolute Gasteiger partial charge is 0.255 e. The number of likely N-dealkylation sites (N-methyl/N-ethyl adjacent to an activating group) is 1. The maximum atomic E-state index is 13.8. The van der Waals surface area contributed by atoms with E-state index in [9.17, 15) is 34.8 Å². The second-order valence-corrected chi connectivity index (χ2v) is 9.77. The fourth-order valence-corrected chi connectivity index (χ4v) is 5.87. The molecule has 0 saturated heterocycles. The number of hydrogen-bond acceptors (Lipinski definition) is 11. The molecule has 0 radical (unpaired) electrons. The predicted molar refractivity (Wildman–Crippen MR) is 132 cm³/mol. The number of carbonyl (C=O) groups is 3. The molecule has 1 saturated carbocycles. The zero-order chi connectivity index (χ0) is 27.6. The number of nitrogen functional groups attached to an aromatic ring is 1. The van der Waals surface area contributed by atoms with Crippen LogP contribution in [0.4, 0.5) is 5.69 Å². The number of anilines is 1. The number of benzene rings is 1. The monoisotopic (exact) mass is 514 g/mol. The van der Waals surface area contributed by atoms with Crippen LogP contribution in [0.15, 0.2) is 28.1 Å². The number of hydrogen-bond donors (Lipinski definition) is 6. The third kappa shape index (κ3) is 3.58. The second-order valence-electron chi connectivity index (χ2n) is 9.77. The van der Waals surface area contributed by atoms with Crippen molar-refractivity contribution in [3.8, 4) is 5.75 Å². The molecule has 1 amide bonds. The number of primary amides is 1. The standard InChI is InChI=1S/C25H30N4O8/c1-5-37-28-9(2)11-8-14(26)19(30)16-12(11)6-10-7-13-18(29(3)4)21(32)17(24(27)35)23(34)25(13,36)22(33)15(10)20(16)31/h8,10,13,18,30-31,34,36H,5-7,26H2,1-4H3,(H2,27,35)/b28-9-/t10?,13?,18-,25-/m0/s1. The van der Waals surface area contributed by atoms with E-state index in [1.807, 2.05) is 0 Å². The minimum Gasteiger partial charge on any atom is -0.508 e. The fraction of sp³-hybridized carbons (Fsp3) is 0.440. The van der Waals surface area contributed by atoms with Crippen molar-refractivity contribution in [1.29, 1.82) is 0 Å². The van der Waals surface area contributed by atoms with E-state index in [2.05, 4.69) is 5.16 Å². The molecular formula is C25H30N4O8. The van der Waals surface area contributed by atoms with Crippen LogP contribution in [0, 0.1) is 11.8 Å². The summed E-state index contributed by atoms with van der Waals surface area (Å²) in [7, 11) is 3.08. The van der Waals surface area contributed by atoms with Gasteiger partial charge in [0.1, 0.15) is 29.4 Å². The Balaban J connectivity index is 1.99. The van der Waals surface area contributed by atoms with E-state index in [4.69, 9.17) is 16.3 Å². The third-order valence-corrected chi connectivity index (χ3v) is 7.47. The Hall–Kier alpha value is -3.90. The first kappa shape index (κ1) is 26.2. The number of rotatable bonds is 5. The summed E-state index contributed by atoms with van der Waals surface area (Å²) in [5.41, 5.74) is 8.69. The second kappa shape index (κ2) is 8.89. The van der Waals surface area contributed by atoms with Crippen LogP contribution in [0.5, 0.6) is 5.75 Å². The van der Waals surface area contributed by atoms with Gasteiger partial charge in [0, 0.05) is 17.1 Å². The van der Waals surface area contributed by atoms with Crippen LogP contribution < -0.4 is 11.5 Å². The van der Waals surface area contributed by atoms with Gasteiger partial charge in [-0.05, 0) is 58.3 Å². The molecule has 1 aromatic rings. The first-order valence-electron chi connectivity index (χ1n) is 11.7. The number of nitrogens with two attached hydrogens (primary N) is 2. The van der Waals surface area contributed by atoms with E-state index in [0.717, 1.165) is 0 Å². The van der Waals surface area contributed by atoms with Crippen molar-refractivity contribution in [2.24, 2.45) is 22.7 Å². The van der Waals surface area contributed by atoms with Crippen molar-refractivity contribution < 1.29 is 39.6 Å². The van der Waals surface area contributed by atoms with E-state index in [0.29, 0.717) is 23.4 Å². The summed E-state index contributed by atoms with van der Waals surface area (Å²) in [5.74, 6) is -7.27. The molecule has 2 unspecified atom stereocenters. The fourth-order valence-electron chi connectivity index (χ4n) is 5.87. The van der Waals surface area contributed by atoms with Gasteiger partial charge in [-0.3, -0.25) is 19.3 Å². The molecular weight excluding hydrogens is 484 g/mol. The van der Waals surface area contributed by atoms with E-state index in [1.165, 1.54) is 11.0 Å². The molecule has 1 fully saturated rings. The highest BCUT2D eigenvalue weighted by molar-refractivity contribution is 6.24. The predicted octanol–water partition coefficient (Wildman–Crippen LogP) is 0.307. The lowest BCUT2D eigenvalue weighted by atomic mass is 9.57. The molecule has 0 spiro atoms. The number of Topliss-reactive ketones (excluding diaryl/α,β-unsaturated/α-hetero) is 2. The normalized spacial score (nSPS) is 27.7. The Bertz CT molecular complexity index is 1330. The Morgan fingerprint density at radius 1 is 1.27 bits per heavy atom. The van der Waals surface area contributed by atoms with Crippen LogP contribution in [0.1, 0.15) is 37.0 Å². The van der Waals surface area contributed by atoms with Crippen LogP contribution in [-0.4, -0.2) is 80.9 Å². The largest absolute Gasteiger partial charge is 0.508 e. The zero-order valence-corrected chi connectivity index (χ0v) is 20.9. The third-order valence-electron chi connectivity index (χ3n) is 7.47. The summed E-state index contributed by atoms with van der Waals surface area (Å²) in [6, 6.07) is 0.337. The lowest BCUT2D eigenvalue weighted by molar-refractivity contribution is -0.153. The van der Waals surface area contributed by atoms with Crippen molar-refractivity contribution in [3.05, 3.63) is 39.7 Å². The minimum absolute atomic E-state index is 0.0159. The van der Waals surface area contributed by atoms with Crippen molar-refractivity contribution in [2.75, 3.05) is 26.4 Å². The highest BCUT2D eigenvalue weighted by atomic mass is 16.6. The van der Waals surface area contributed by atoms with Crippen molar-refractivity contribution in [2.45, 2.75) is 38.3 Å². The molecule has 4 atom stereocenters. The number of phenols is 1. The number of oxime groups is 1. The summed E-state index contributed by atoms with van der Waals surface area (Å²) >= 11 is 0. The van der Waals surface area contributed by atoms with E-state index in [1.54, 1.807) is 27.9 Å². The van der Waals surface area contributed by atoms with Gasteiger partial charge in [0.05, 0.1) is 23.0 Å². The van der Waals surface area contributed by atoms with Gasteiger partial charge < -0.3 is 36.7 Å².